The van der Waals surface area contributed by atoms with Crippen molar-refractivity contribution in [1.82, 2.24) is 5.32 Å². The molecule has 1 atom stereocenters. The van der Waals surface area contributed by atoms with Crippen molar-refractivity contribution in [3.8, 4) is 0 Å². The third-order valence-electron chi connectivity index (χ3n) is 4.03. The zero-order valence-corrected chi connectivity index (χ0v) is 16.6. The molecule has 0 heterocycles. The summed E-state index contributed by atoms with van der Waals surface area (Å²) in [7, 11) is -3.89. The number of benzene rings is 2. The first-order chi connectivity index (χ1) is 12.2. The maximum absolute atomic E-state index is 13.1. The summed E-state index contributed by atoms with van der Waals surface area (Å²) in [5, 5.41) is 3.29. The molecule has 0 aromatic heterocycles. The van der Waals surface area contributed by atoms with Crippen LogP contribution in [0.4, 0.5) is 5.69 Å². The predicted octanol–water partition coefficient (Wildman–Crippen LogP) is 3.76. The lowest BCUT2D eigenvalue weighted by Crippen LogP contribution is -2.43. The van der Waals surface area contributed by atoms with Crippen LogP contribution in [-0.2, 0) is 14.8 Å². The minimum atomic E-state index is -3.89. The quantitative estimate of drug-likeness (QED) is 0.777. The summed E-state index contributed by atoms with van der Waals surface area (Å²) in [6.45, 7) is 5.40. The van der Waals surface area contributed by atoms with E-state index in [2.05, 4.69) is 5.32 Å². The van der Waals surface area contributed by atoms with Crippen LogP contribution in [0.3, 0.4) is 0 Å². The molecule has 0 aliphatic heterocycles. The molecule has 2 aromatic carbocycles. The molecule has 0 aliphatic carbocycles. The van der Waals surface area contributed by atoms with E-state index in [1.807, 2.05) is 20.8 Å². The van der Waals surface area contributed by atoms with E-state index < -0.39 is 10.0 Å². The molecular weight excluding hydrogens is 372 g/mol. The molecule has 0 aliphatic rings. The van der Waals surface area contributed by atoms with Gasteiger partial charge in [0.05, 0.1) is 10.6 Å². The van der Waals surface area contributed by atoms with Crippen LogP contribution in [0.15, 0.2) is 53.4 Å². The number of aryl methyl sites for hydroxylation is 1. The van der Waals surface area contributed by atoms with Gasteiger partial charge in [-0.2, -0.15) is 0 Å². The molecule has 0 unspecified atom stereocenters. The van der Waals surface area contributed by atoms with Crippen molar-refractivity contribution in [3.05, 3.63) is 59.1 Å². The summed E-state index contributed by atoms with van der Waals surface area (Å²) >= 11 is 5.91. The normalized spacial score (nSPS) is 12.5. The minimum Gasteiger partial charge on any atom is -0.352 e. The second-order valence-electron chi connectivity index (χ2n) is 6.18. The average molecular weight is 395 g/mol. The van der Waals surface area contributed by atoms with Crippen LogP contribution in [0.5, 0.6) is 0 Å². The molecule has 26 heavy (non-hydrogen) atoms. The first kappa shape index (κ1) is 20.3. The molecule has 0 spiro atoms. The Morgan fingerprint density at radius 1 is 1.12 bits per heavy atom. The summed E-state index contributed by atoms with van der Waals surface area (Å²) in [5.41, 5.74) is 1.34. The molecule has 2 rings (SSSR count). The smallest absolute Gasteiger partial charge is 0.264 e. The number of rotatable bonds is 7. The van der Waals surface area contributed by atoms with Crippen molar-refractivity contribution in [2.24, 2.45) is 0 Å². The maximum Gasteiger partial charge on any atom is 0.264 e. The highest BCUT2D eigenvalue weighted by Gasteiger charge is 2.27. The van der Waals surface area contributed by atoms with Crippen molar-refractivity contribution < 1.29 is 13.2 Å². The van der Waals surface area contributed by atoms with Crippen molar-refractivity contribution >= 4 is 33.2 Å². The summed E-state index contributed by atoms with van der Waals surface area (Å²) in [4.78, 5) is 12.5. The van der Waals surface area contributed by atoms with Gasteiger partial charge in [0.15, 0.2) is 0 Å². The fourth-order valence-corrected chi connectivity index (χ4v) is 3.86. The summed E-state index contributed by atoms with van der Waals surface area (Å²) < 4.78 is 27.4. The lowest BCUT2D eigenvalue weighted by molar-refractivity contribution is -0.120. The van der Waals surface area contributed by atoms with Crippen molar-refractivity contribution in [1.29, 1.82) is 0 Å². The monoisotopic (exact) mass is 394 g/mol. The van der Waals surface area contributed by atoms with E-state index in [0.717, 1.165) is 16.3 Å². The Morgan fingerprint density at radius 3 is 2.23 bits per heavy atom. The highest BCUT2D eigenvalue weighted by molar-refractivity contribution is 7.92. The van der Waals surface area contributed by atoms with Crippen molar-refractivity contribution in [2.45, 2.75) is 38.1 Å². The lowest BCUT2D eigenvalue weighted by atomic mass is 10.2. The van der Waals surface area contributed by atoms with Gasteiger partial charge >= 0.3 is 0 Å². The third kappa shape index (κ3) is 4.99. The zero-order valence-electron chi connectivity index (χ0n) is 15.1. The fraction of sp³-hybridized carbons (Fsp3) is 0.316. The van der Waals surface area contributed by atoms with Crippen LogP contribution in [0.2, 0.25) is 5.02 Å². The van der Waals surface area contributed by atoms with Crippen LogP contribution in [0, 0.1) is 6.92 Å². The van der Waals surface area contributed by atoms with Crippen molar-refractivity contribution in [2.75, 3.05) is 10.8 Å². The lowest BCUT2D eigenvalue weighted by Gasteiger charge is -2.25. The van der Waals surface area contributed by atoms with Crippen LogP contribution < -0.4 is 9.62 Å². The van der Waals surface area contributed by atoms with E-state index in [4.69, 9.17) is 11.6 Å². The largest absolute Gasteiger partial charge is 0.352 e. The van der Waals surface area contributed by atoms with Gasteiger partial charge in [0.1, 0.15) is 6.54 Å². The summed E-state index contributed by atoms with van der Waals surface area (Å²) in [5.74, 6) is -0.356. The van der Waals surface area contributed by atoms with Gasteiger partial charge in [-0.05, 0) is 56.7 Å². The van der Waals surface area contributed by atoms with E-state index in [1.54, 1.807) is 48.5 Å². The van der Waals surface area contributed by atoms with Gasteiger partial charge in [-0.1, -0.05) is 36.2 Å². The van der Waals surface area contributed by atoms with Crippen LogP contribution in [0.25, 0.3) is 0 Å². The molecule has 5 nitrogen and oxygen atoms in total. The van der Waals surface area contributed by atoms with E-state index >= 15 is 0 Å². The number of anilines is 1. The van der Waals surface area contributed by atoms with Crippen molar-refractivity contribution in [3.63, 3.8) is 0 Å². The van der Waals surface area contributed by atoms with E-state index in [0.29, 0.717) is 10.7 Å². The molecule has 140 valence electrons. The van der Waals surface area contributed by atoms with Crippen LogP contribution in [-0.4, -0.2) is 26.9 Å². The second-order valence-corrected chi connectivity index (χ2v) is 8.48. The number of amides is 1. The second kappa shape index (κ2) is 8.56. The molecule has 0 saturated heterocycles. The van der Waals surface area contributed by atoms with Gasteiger partial charge in [-0.25, -0.2) is 8.42 Å². The number of halogens is 1. The molecule has 0 radical (unpaired) electrons. The molecule has 2 aromatic rings. The molecule has 1 N–H and O–H groups in total. The Balaban J connectivity index is 2.40. The molecular formula is C19H23ClN2O3S. The number of nitrogens with zero attached hydrogens (tertiary/aromatic N) is 1. The third-order valence-corrected chi connectivity index (χ3v) is 6.07. The zero-order chi connectivity index (χ0) is 19.3. The Morgan fingerprint density at radius 2 is 1.69 bits per heavy atom. The highest BCUT2D eigenvalue weighted by atomic mass is 35.5. The number of hydrogen-bond acceptors (Lipinski definition) is 3. The molecule has 0 saturated carbocycles. The highest BCUT2D eigenvalue weighted by Crippen LogP contribution is 2.25. The standard InChI is InChI=1S/C19H23ClN2O3S/c1-4-15(3)21-19(23)13-22(17-9-7-16(20)8-10-17)26(24,25)18-11-5-14(2)6-12-18/h5-12,15H,4,13H2,1-3H3,(H,21,23)/t15-/m1/s1. The van der Waals surface area contributed by atoms with Gasteiger partial charge in [-0.3, -0.25) is 9.10 Å². The van der Waals surface area contributed by atoms with Gasteiger partial charge < -0.3 is 5.32 Å². The predicted molar refractivity (Wildman–Crippen MR) is 105 cm³/mol. The SMILES string of the molecule is CC[C@@H](C)NC(=O)CN(c1ccc(Cl)cc1)S(=O)(=O)c1ccc(C)cc1. The molecule has 0 fully saturated rings. The summed E-state index contributed by atoms with van der Waals surface area (Å²) in [6.07, 6.45) is 0.761. The maximum atomic E-state index is 13.1. The Hall–Kier alpha value is -2.05. The fourth-order valence-electron chi connectivity index (χ4n) is 2.31. The summed E-state index contributed by atoms with van der Waals surface area (Å²) in [6, 6.07) is 12.9. The topological polar surface area (TPSA) is 66.5 Å². The first-order valence-electron chi connectivity index (χ1n) is 8.38. The van der Waals surface area contributed by atoms with Crippen LogP contribution in [0.1, 0.15) is 25.8 Å². The number of sulfonamides is 1. The number of carbonyl (C=O) groups is 1. The van der Waals surface area contributed by atoms with Gasteiger partial charge in [0.2, 0.25) is 5.91 Å². The number of nitrogens with one attached hydrogen (secondary N) is 1. The van der Waals surface area contributed by atoms with E-state index in [9.17, 15) is 13.2 Å². The molecule has 0 bridgehead atoms. The average Bonchev–Trinajstić information content (AvgIpc) is 2.60. The van der Waals surface area contributed by atoms with Gasteiger partial charge in [0.25, 0.3) is 10.0 Å². The molecule has 7 heteroatoms. The Bertz CT molecular complexity index is 849. The minimum absolute atomic E-state index is 0.0309. The Labute approximate surface area is 160 Å². The first-order valence-corrected chi connectivity index (χ1v) is 10.2. The van der Waals surface area contributed by atoms with Gasteiger partial charge in [-0.15, -0.1) is 0 Å². The number of carbonyl (C=O) groups excluding carboxylic acids is 1. The van der Waals surface area contributed by atoms with E-state index in [1.165, 1.54) is 0 Å². The van der Waals surface area contributed by atoms with Crippen LogP contribution >= 0.6 is 11.6 Å². The van der Waals surface area contributed by atoms with Gasteiger partial charge in [0, 0.05) is 11.1 Å². The Kier molecular flexibility index (Phi) is 6.67. The number of hydrogen-bond donors (Lipinski definition) is 1. The molecule has 1 amide bonds. The van der Waals surface area contributed by atoms with E-state index in [-0.39, 0.29) is 23.4 Å².